The van der Waals surface area contributed by atoms with Crippen molar-refractivity contribution >= 4 is 34.4 Å². The van der Waals surface area contributed by atoms with Gasteiger partial charge in [-0.2, -0.15) is 0 Å². The van der Waals surface area contributed by atoms with Gasteiger partial charge in [0.25, 0.3) is 5.91 Å². The summed E-state index contributed by atoms with van der Waals surface area (Å²) in [5.74, 6) is 0.639. The first-order valence-electron chi connectivity index (χ1n) is 9.81. The van der Waals surface area contributed by atoms with Crippen LogP contribution in [0, 0.1) is 0 Å². The number of carbonyl (C=O) groups excluding carboxylic acids is 1. The van der Waals surface area contributed by atoms with Gasteiger partial charge < -0.3 is 14.8 Å². The number of benzene rings is 1. The van der Waals surface area contributed by atoms with E-state index >= 15 is 0 Å². The standard InChI is InChI=1S/C21H24ClN5O/c22-17-13-16(21(28)26-10-4-1-5-11-26)14-24-20(17)23-9-6-12-27-15-25-18-7-2-3-8-19(18)27/h2-3,7-8,13-15H,1,4-6,9-12H2,(H,23,24). The molecule has 3 aromatic rings. The molecule has 1 aliphatic rings. The van der Waals surface area contributed by atoms with Crippen molar-refractivity contribution in [1.82, 2.24) is 19.4 Å². The molecule has 1 fully saturated rings. The van der Waals surface area contributed by atoms with E-state index in [1.165, 1.54) is 6.42 Å². The summed E-state index contributed by atoms with van der Waals surface area (Å²) in [4.78, 5) is 23.2. The molecule has 0 saturated carbocycles. The monoisotopic (exact) mass is 397 g/mol. The van der Waals surface area contributed by atoms with Crippen molar-refractivity contribution in [3.05, 3.63) is 53.4 Å². The minimum absolute atomic E-state index is 0.0210. The molecular formula is C21H24ClN5O. The van der Waals surface area contributed by atoms with E-state index in [0.717, 1.165) is 56.5 Å². The zero-order chi connectivity index (χ0) is 19.3. The summed E-state index contributed by atoms with van der Waals surface area (Å²) in [6.45, 7) is 3.23. The molecule has 2 aromatic heterocycles. The predicted octanol–water partition coefficient (Wildman–Crippen LogP) is 4.21. The molecule has 7 heteroatoms. The maximum atomic E-state index is 12.6. The van der Waals surface area contributed by atoms with Gasteiger partial charge in [-0.1, -0.05) is 23.7 Å². The van der Waals surface area contributed by atoms with E-state index in [1.807, 2.05) is 29.4 Å². The number of nitrogens with zero attached hydrogens (tertiary/aromatic N) is 4. The van der Waals surface area contributed by atoms with Crippen molar-refractivity contribution in [3.8, 4) is 0 Å². The Kier molecular flexibility index (Phi) is 5.76. The maximum Gasteiger partial charge on any atom is 0.255 e. The molecule has 1 N–H and O–H groups in total. The van der Waals surface area contributed by atoms with Gasteiger partial charge in [-0.25, -0.2) is 9.97 Å². The third-order valence-corrected chi connectivity index (χ3v) is 5.42. The van der Waals surface area contributed by atoms with E-state index in [2.05, 4.69) is 25.9 Å². The van der Waals surface area contributed by atoms with Gasteiger partial charge in [0.2, 0.25) is 0 Å². The molecule has 0 aliphatic carbocycles. The molecule has 0 spiro atoms. The molecule has 4 rings (SSSR count). The molecule has 6 nitrogen and oxygen atoms in total. The summed E-state index contributed by atoms with van der Waals surface area (Å²) in [7, 11) is 0. The zero-order valence-electron chi connectivity index (χ0n) is 15.8. The largest absolute Gasteiger partial charge is 0.369 e. The number of pyridine rings is 1. The number of para-hydroxylation sites is 2. The van der Waals surface area contributed by atoms with Gasteiger partial charge in [0.1, 0.15) is 5.82 Å². The van der Waals surface area contributed by atoms with Crippen molar-refractivity contribution < 1.29 is 4.79 Å². The third kappa shape index (κ3) is 4.12. The van der Waals surface area contributed by atoms with Crippen molar-refractivity contribution in [1.29, 1.82) is 0 Å². The fourth-order valence-corrected chi connectivity index (χ4v) is 3.84. The number of anilines is 1. The maximum absolute atomic E-state index is 12.6. The van der Waals surface area contributed by atoms with Crippen molar-refractivity contribution in [2.75, 3.05) is 25.0 Å². The second-order valence-electron chi connectivity index (χ2n) is 7.11. The van der Waals surface area contributed by atoms with Crippen LogP contribution in [0.25, 0.3) is 11.0 Å². The number of carbonyl (C=O) groups is 1. The highest BCUT2D eigenvalue weighted by atomic mass is 35.5. The first kappa shape index (κ1) is 18.7. The number of hydrogen-bond donors (Lipinski definition) is 1. The number of amides is 1. The molecule has 0 radical (unpaired) electrons. The van der Waals surface area contributed by atoms with E-state index in [-0.39, 0.29) is 5.91 Å². The van der Waals surface area contributed by atoms with Crippen LogP contribution < -0.4 is 5.32 Å². The average Bonchev–Trinajstić information content (AvgIpc) is 3.15. The fourth-order valence-electron chi connectivity index (χ4n) is 3.61. The third-order valence-electron chi connectivity index (χ3n) is 5.13. The van der Waals surface area contributed by atoms with E-state index in [1.54, 1.807) is 12.3 Å². The number of aryl methyl sites for hydroxylation is 1. The van der Waals surface area contributed by atoms with E-state index in [4.69, 9.17) is 11.6 Å². The molecule has 3 heterocycles. The molecule has 146 valence electrons. The molecule has 0 unspecified atom stereocenters. The van der Waals surface area contributed by atoms with Crippen LogP contribution in [0.3, 0.4) is 0 Å². The lowest BCUT2D eigenvalue weighted by Gasteiger charge is -2.26. The number of likely N-dealkylation sites (tertiary alicyclic amines) is 1. The summed E-state index contributed by atoms with van der Waals surface area (Å²) in [5, 5.41) is 3.75. The van der Waals surface area contributed by atoms with Crippen molar-refractivity contribution in [2.45, 2.75) is 32.2 Å². The predicted molar refractivity (Wildman–Crippen MR) is 112 cm³/mol. The smallest absolute Gasteiger partial charge is 0.255 e. The minimum atomic E-state index is 0.0210. The summed E-state index contributed by atoms with van der Waals surface area (Å²) < 4.78 is 2.15. The van der Waals surface area contributed by atoms with E-state index < -0.39 is 0 Å². The zero-order valence-corrected chi connectivity index (χ0v) is 16.5. The van der Waals surface area contributed by atoms with Crippen LogP contribution in [-0.2, 0) is 6.54 Å². The summed E-state index contributed by atoms with van der Waals surface area (Å²) in [6.07, 6.45) is 7.73. The Morgan fingerprint density at radius 2 is 1.96 bits per heavy atom. The highest BCUT2D eigenvalue weighted by Gasteiger charge is 2.19. The first-order valence-corrected chi connectivity index (χ1v) is 10.2. The second-order valence-corrected chi connectivity index (χ2v) is 7.52. The van der Waals surface area contributed by atoms with E-state index in [9.17, 15) is 4.79 Å². The lowest BCUT2D eigenvalue weighted by atomic mass is 10.1. The lowest BCUT2D eigenvalue weighted by molar-refractivity contribution is 0.0724. The van der Waals surface area contributed by atoms with Gasteiger partial charge in [0, 0.05) is 32.4 Å². The Morgan fingerprint density at radius 1 is 1.14 bits per heavy atom. The lowest BCUT2D eigenvalue weighted by Crippen LogP contribution is -2.35. The topological polar surface area (TPSA) is 63.1 Å². The van der Waals surface area contributed by atoms with Gasteiger partial charge >= 0.3 is 0 Å². The van der Waals surface area contributed by atoms with E-state index in [0.29, 0.717) is 16.4 Å². The quantitative estimate of drug-likeness (QED) is 0.633. The van der Waals surface area contributed by atoms with Gasteiger partial charge in [-0.3, -0.25) is 4.79 Å². The minimum Gasteiger partial charge on any atom is -0.369 e. The summed E-state index contributed by atoms with van der Waals surface area (Å²) in [5.41, 5.74) is 2.70. The van der Waals surface area contributed by atoms with Crippen LogP contribution in [0.2, 0.25) is 5.02 Å². The molecule has 0 bridgehead atoms. The Labute approximate surface area is 169 Å². The van der Waals surface area contributed by atoms with Crippen LogP contribution in [0.5, 0.6) is 0 Å². The van der Waals surface area contributed by atoms with Gasteiger partial charge in [0.15, 0.2) is 0 Å². The second kappa shape index (κ2) is 8.61. The molecule has 1 amide bonds. The van der Waals surface area contributed by atoms with Crippen LogP contribution >= 0.6 is 11.6 Å². The normalized spacial score (nSPS) is 14.4. The highest BCUT2D eigenvalue weighted by molar-refractivity contribution is 6.33. The summed E-state index contributed by atoms with van der Waals surface area (Å²) >= 11 is 6.36. The highest BCUT2D eigenvalue weighted by Crippen LogP contribution is 2.22. The molecule has 1 aliphatic heterocycles. The van der Waals surface area contributed by atoms with Crippen LogP contribution in [0.4, 0.5) is 5.82 Å². The number of rotatable bonds is 6. The number of imidazole rings is 1. The average molecular weight is 398 g/mol. The van der Waals surface area contributed by atoms with Crippen molar-refractivity contribution in [3.63, 3.8) is 0 Å². The fraction of sp³-hybridized carbons (Fsp3) is 0.381. The summed E-state index contributed by atoms with van der Waals surface area (Å²) in [6, 6.07) is 9.83. The van der Waals surface area contributed by atoms with Crippen LogP contribution in [0.1, 0.15) is 36.0 Å². The molecular weight excluding hydrogens is 374 g/mol. The Bertz CT molecular complexity index is 964. The molecule has 28 heavy (non-hydrogen) atoms. The van der Waals surface area contributed by atoms with Crippen molar-refractivity contribution in [2.24, 2.45) is 0 Å². The van der Waals surface area contributed by atoms with Gasteiger partial charge in [0.05, 0.1) is 27.9 Å². The Balaban J connectivity index is 1.32. The van der Waals surface area contributed by atoms with Crippen LogP contribution in [0.15, 0.2) is 42.9 Å². The first-order chi connectivity index (χ1) is 13.7. The molecule has 1 aromatic carbocycles. The number of aromatic nitrogens is 3. The van der Waals surface area contributed by atoms with Gasteiger partial charge in [-0.05, 0) is 43.9 Å². The molecule has 1 saturated heterocycles. The number of halogens is 1. The SMILES string of the molecule is O=C(c1cnc(NCCCn2cnc3ccccc32)c(Cl)c1)N1CCCCC1. The van der Waals surface area contributed by atoms with Crippen LogP contribution in [-0.4, -0.2) is 45.0 Å². The number of piperidine rings is 1. The Morgan fingerprint density at radius 3 is 2.79 bits per heavy atom. The number of fused-ring (bicyclic) bond motifs is 1. The Hall–Kier alpha value is -2.60. The number of nitrogens with one attached hydrogen (secondary N) is 1. The molecule has 0 atom stereocenters. The number of hydrogen-bond acceptors (Lipinski definition) is 4. The van der Waals surface area contributed by atoms with Gasteiger partial charge in [-0.15, -0.1) is 0 Å².